The number of carboxylic acids is 1. The molecule has 0 amide bonds. The van der Waals surface area contributed by atoms with Gasteiger partial charge in [-0.3, -0.25) is 0 Å². The fourth-order valence-electron chi connectivity index (χ4n) is 0.869. The first kappa shape index (κ1) is 15.4. The van der Waals surface area contributed by atoms with Crippen LogP contribution < -0.4 is 4.72 Å². The van der Waals surface area contributed by atoms with Crippen LogP contribution in [0.4, 0.5) is 8.78 Å². The molecular weight excluding hydrogens is 240 g/mol. The molecule has 0 unspecified atom stereocenters. The predicted molar refractivity (Wildman–Crippen MR) is 57.7 cm³/mol. The van der Waals surface area contributed by atoms with Crippen LogP contribution in [0, 0.1) is 0 Å². The SMILES string of the molecule is CC[C@@H](N[S@@](=O)C(C)(C)C)C(F)(F)C(=O)O. The minimum absolute atomic E-state index is 0.124. The van der Waals surface area contributed by atoms with Crippen LogP contribution in [0.3, 0.4) is 0 Å². The molecule has 0 aliphatic rings. The summed E-state index contributed by atoms with van der Waals surface area (Å²) >= 11 is 0. The highest BCUT2D eigenvalue weighted by atomic mass is 32.2. The molecule has 0 radical (unpaired) electrons. The number of carbonyl (C=O) groups is 1. The van der Waals surface area contributed by atoms with Crippen molar-refractivity contribution in [3.8, 4) is 0 Å². The lowest BCUT2D eigenvalue weighted by Crippen LogP contribution is -2.52. The maximum absolute atomic E-state index is 13.2. The van der Waals surface area contributed by atoms with Crippen LogP contribution in [0.2, 0.25) is 0 Å². The van der Waals surface area contributed by atoms with E-state index in [4.69, 9.17) is 5.11 Å². The van der Waals surface area contributed by atoms with Crippen LogP contribution in [0.25, 0.3) is 0 Å². The highest BCUT2D eigenvalue weighted by Gasteiger charge is 2.47. The Morgan fingerprint density at radius 1 is 1.44 bits per heavy atom. The van der Waals surface area contributed by atoms with E-state index in [1.165, 1.54) is 6.92 Å². The predicted octanol–water partition coefficient (Wildman–Crippen LogP) is 1.54. The molecule has 96 valence electrons. The van der Waals surface area contributed by atoms with E-state index >= 15 is 0 Å². The lowest BCUT2D eigenvalue weighted by atomic mass is 10.1. The van der Waals surface area contributed by atoms with E-state index in [9.17, 15) is 17.8 Å². The van der Waals surface area contributed by atoms with Gasteiger partial charge in [0, 0.05) is 0 Å². The molecule has 0 saturated carbocycles. The van der Waals surface area contributed by atoms with Gasteiger partial charge in [0.1, 0.15) is 0 Å². The van der Waals surface area contributed by atoms with Crippen molar-refractivity contribution in [1.29, 1.82) is 0 Å². The molecule has 2 N–H and O–H groups in total. The van der Waals surface area contributed by atoms with Gasteiger partial charge < -0.3 is 5.11 Å². The number of nitrogens with one attached hydrogen (secondary N) is 1. The van der Waals surface area contributed by atoms with E-state index in [-0.39, 0.29) is 6.42 Å². The molecule has 16 heavy (non-hydrogen) atoms. The summed E-state index contributed by atoms with van der Waals surface area (Å²) in [7, 11) is -1.72. The van der Waals surface area contributed by atoms with Crippen molar-refractivity contribution in [2.75, 3.05) is 0 Å². The van der Waals surface area contributed by atoms with E-state index in [1.54, 1.807) is 20.8 Å². The zero-order chi connectivity index (χ0) is 13.1. The van der Waals surface area contributed by atoms with Gasteiger partial charge in [0.2, 0.25) is 0 Å². The molecule has 0 bridgehead atoms. The third kappa shape index (κ3) is 3.79. The third-order valence-corrected chi connectivity index (χ3v) is 3.55. The first-order chi connectivity index (χ1) is 7.03. The second-order valence-corrected chi connectivity index (χ2v) is 6.39. The number of aliphatic carboxylic acids is 1. The van der Waals surface area contributed by atoms with Gasteiger partial charge in [-0.05, 0) is 27.2 Å². The van der Waals surface area contributed by atoms with Crippen LogP contribution in [0.5, 0.6) is 0 Å². The Labute approximate surface area is 96.0 Å². The number of rotatable bonds is 5. The highest BCUT2D eigenvalue weighted by molar-refractivity contribution is 7.84. The molecule has 0 heterocycles. The molecule has 0 aliphatic carbocycles. The monoisotopic (exact) mass is 257 g/mol. The summed E-state index contributed by atoms with van der Waals surface area (Å²) in [5.74, 6) is -6.13. The maximum Gasteiger partial charge on any atom is 0.376 e. The van der Waals surface area contributed by atoms with Crippen molar-refractivity contribution in [1.82, 2.24) is 4.72 Å². The Morgan fingerprint density at radius 3 is 2.12 bits per heavy atom. The fourth-order valence-corrected chi connectivity index (χ4v) is 1.80. The van der Waals surface area contributed by atoms with Gasteiger partial charge in [0.05, 0.1) is 21.8 Å². The van der Waals surface area contributed by atoms with Crippen molar-refractivity contribution in [2.45, 2.75) is 50.8 Å². The van der Waals surface area contributed by atoms with Crippen molar-refractivity contribution >= 4 is 17.0 Å². The van der Waals surface area contributed by atoms with Crippen LogP contribution in [0.15, 0.2) is 0 Å². The number of hydrogen-bond donors (Lipinski definition) is 2. The molecule has 7 heteroatoms. The van der Waals surface area contributed by atoms with Crippen molar-refractivity contribution < 1.29 is 22.9 Å². The summed E-state index contributed by atoms with van der Waals surface area (Å²) in [6, 6.07) is -1.63. The molecule has 4 nitrogen and oxygen atoms in total. The summed E-state index contributed by atoms with van der Waals surface area (Å²) in [5.41, 5.74) is 0. The van der Waals surface area contributed by atoms with E-state index < -0.39 is 33.7 Å². The molecule has 0 aromatic rings. The first-order valence-electron chi connectivity index (χ1n) is 4.82. The van der Waals surface area contributed by atoms with Crippen LogP contribution in [-0.4, -0.2) is 32.0 Å². The van der Waals surface area contributed by atoms with Gasteiger partial charge in [-0.15, -0.1) is 0 Å². The Kier molecular flexibility index (Phi) is 5.00. The van der Waals surface area contributed by atoms with Gasteiger partial charge in [-0.25, -0.2) is 13.7 Å². The Balaban J connectivity index is 4.79. The molecule has 0 spiro atoms. The topological polar surface area (TPSA) is 66.4 Å². The largest absolute Gasteiger partial charge is 0.477 e. The molecule has 0 aromatic heterocycles. The van der Waals surface area contributed by atoms with Crippen molar-refractivity contribution in [3.63, 3.8) is 0 Å². The lowest BCUT2D eigenvalue weighted by Gasteiger charge is -2.26. The minimum Gasteiger partial charge on any atom is -0.477 e. The first-order valence-corrected chi connectivity index (χ1v) is 5.97. The van der Waals surface area contributed by atoms with Gasteiger partial charge in [0.15, 0.2) is 0 Å². The molecule has 0 saturated heterocycles. The van der Waals surface area contributed by atoms with Crippen molar-refractivity contribution in [2.24, 2.45) is 0 Å². The van der Waals surface area contributed by atoms with Gasteiger partial charge in [0.25, 0.3) is 0 Å². The van der Waals surface area contributed by atoms with E-state index in [2.05, 4.69) is 4.72 Å². The minimum atomic E-state index is -3.92. The summed E-state index contributed by atoms with van der Waals surface area (Å²) in [5, 5.41) is 8.37. The van der Waals surface area contributed by atoms with Crippen LogP contribution in [0.1, 0.15) is 34.1 Å². The number of halogens is 2. The molecule has 0 aliphatic heterocycles. The Morgan fingerprint density at radius 2 is 1.88 bits per heavy atom. The van der Waals surface area contributed by atoms with Crippen LogP contribution in [-0.2, 0) is 15.8 Å². The summed E-state index contributed by atoms with van der Waals surface area (Å²) in [6.07, 6.45) is -0.124. The highest BCUT2D eigenvalue weighted by Crippen LogP contribution is 2.23. The smallest absolute Gasteiger partial charge is 0.376 e. The molecule has 0 rings (SSSR count). The zero-order valence-electron chi connectivity index (χ0n) is 9.71. The Bertz CT molecular complexity index is 289. The second kappa shape index (κ2) is 5.18. The van der Waals surface area contributed by atoms with Gasteiger partial charge in [-0.1, -0.05) is 6.92 Å². The number of alkyl halides is 2. The van der Waals surface area contributed by atoms with Crippen molar-refractivity contribution in [3.05, 3.63) is 0 Å². The number of carboxylic acid groups (broad SMARTS) is 1. The molecule has 0 fully saturated rings. The summed E-state index contributed by atoms with van der Waals surface area (Å²) < 4.78 is 39.4. The summed E-state index contributed by atoms with van der Waals surface area (Å²) in [4.78, 5) is 10.4. The fraction of sp³-hybridized carbons (Fsp3) is 0.889. The maximum atomic E-state index is 13.2. The molecular formula is C9H17F2NO3S. The van der Waals surface area contributed by atoms with Crippen LogP contribution >= 0.6 is 0 Å². The standard InChI is InChI=1S/C9H17F2NO3S/c1-5-6(9(10,11)7(13)14)12-16(15)8(2,3)4/h6,12H,5H2,1-4H3,(H,13,14)/t6-,16+/m1/s1. The summed E-state index contributed by atoms with van der Waals surface area (Å²) in [6.45, 7) is 6.25. The zero-order valence-corrected chi connectivity index (χ0v) is 10.5. The molecule has 2 atom stereocenters. The lowest BCUT2D eigenvalue weighted by molar-refractivity contribution is -0.168. The third-order valence-electron chi connectivity index (χ3n) is 1.94. The van der Waals surface area contributed by atoms with Gasteiger partial charge in [-0.2, -0.15) is 8.78 Å². The molecule has 0 aromatic carbocycles. The average molecular weight is 257 g/mol. The average Bonchev–Trinajstić information content (AvgIpc) is 2.11. The van der Waals surface area contributed by atoms with E-state index in [0.717, 1.165) is 0 Å². The number of hydrogen-bond acceptors (Lipinski definition) is 2. The van der Waals surface area contributed by atoms with E-state index in [1.807, 2.05) is 0 Å². The van der Waals surface area contributed by atoms with Gasteiger partial charge >= 0.3 is 11.9 Å². The Hall–Kier alpha value is -0.560. The second-order valence-electron chi connectivity index (χ2n) is 4.39. The quantitative estimate of drug-likeness (QED) is 0.785. The normalized spacial score (nSPS) is 16.9. The van der Waals surface area contributed by atoms with E-state index in [0.29, 0.717) is 0 Å².